The van der Waals surface area contributed by atoms with Gasteiger partial charge in [-0.05, 0) is 54.8 Å². The molecule has 0 aliphatic rings. The Morgan fingerprint density at radius 2 is 1.60 bits per heavy atom. The molecule has 0 aromatic heterocycles. The van der Waals surface area contributed by atoms with Crippen LogP contribution in [0.3, 0.4) is 0 Å². The van der Waals surface area contributed by atoms with Gasteiger partial charge in [-0.1, -0.05) is 0 Å². The number of hydrogen-bond acceptors (Lipinski definition) is 3. The van der Waals surface area contributed by atoms with Gasteiger partial charge in [-0.2, -0.15) is 13.2 Å². The van der Waals surface area contributed by atoms with Crippen LogP contribution in [0.15, 0.2) is 53.4 Å². The van der Waals surface area contributed by atoms with E-state index in [4.69, 9.17) is 0 Å². The van der Waals surface area contributed by atoms with E-state index in [1.165, 1.54) is 0 Å². The Hall–Kier alpha value is -2.48. The van der Waals surface area contributed by atoms with Crippen LogP contribution in [0.5, 0.6) is 0 Å². The van der Waals surface area contributed by atoms with Crippen LogP contribution in [-0.2, 0) is 11.0 Å². The van der Waals surface area contributed by atoms with Crippen molar-refractivity contribution in [1.82, 2.24) is 5.32 Å². The van der Waals surface area contributed by atoms with E-state index in [1.807, 2.05) is 18.4 Å². The summed E-state index contributed by atoms with van der Waals surface area (Å²) in [5.41, 5.74) is -0.202. The van der Waals surface area contributed by atoms with Crippen LogP contribution in [0.4, 0.5) is 18.9 Å². The van der Waals surface area contributed by atoms with Gasteiger partial charge in [-0.3, -0.25) is 9.59 Å². The number of carbonyl (C=O) groups excluding carboxylic acids is 2. The summed E-state index contributed by atoms with van der Waals surface area (Å²) in [6.07, 6.45) is -2.52. The number of anilines is 1. The highest BCUT2D eigenvalue weighted by Crippen LogP contribution is 2.29. The van der Waals surface area contributed by atoms with Gasteiger partial charge in [0.25, 0.3) is 5.91 Å². The second-order valence-corrected chi connectivity index (χ2v) is 5.91. The molecule has 8 heteroatoms. The van der Waals surface area contributed by atoms with Crippen LogP contribution in [0.2, 0.25) is 0 Å². The summed E-state index contributed by atoms with van der Waals surface area (Å²) in [5.74, 6) is -1.06. The van der Waals surface area contributed by atoms with Crippen LogP contribution >= 0.6 is 11.8 Å². The zero-order chi connectivity index (χ0) is 18.4. The van der Waals surface area contributed by atoms with Crippen molar-refractivity contribution in [2.75, 3.05) is 18.1 Å². The van der Waals surface area contributed by atoms with Crippen molar-refractivity contribution >= 4 is 29.3 Å². The lowest BCUT2D eigenvalue weighted by Gasteiger charge is -2.09. The first-order chi connectivity index (χ1) is 11.8. The van der Waals surface area contributed by atoms with Crippen molar-refractivity contribution < 1.29 is 22.8 Å². The molecule has 0 fully saturated rings. The number of hydrogen-bond donors (Lipinski definition) is 2. The Kier molecular flexibility index (Phi) is 6.08. The van der Waals surface area contributed by atoms with Crippen molar-refractivity contribution in [1.29, 1.82) is 0 Å². The van der Waals surface area contributed by atoms with Gasteiger partial charge >= 0.3 is 6.18 Å². The van der Waals surface area contributed by atoms with Crippen LogP contribution in [0, 0.1) is 0 Å². The number of carbonyl (C=O) groups is 2. The quantitative estimate of drug-likeness (QED) is 0.790. The molecule has 0 radical (unpaired) electrons. The highest BCUT2D eigenvalue weighted by molar-refractivity contribution is 7.98. The molecule has 2 aromatic rings. The van der Waals surface area contributed by atoms with Gasteiger partial charge < -0.3 is 10.6 Å². The average Bonchev–Trinajstić information content (AvgIpc) is 2.59. The van der Waals surface area contributed by atoms with E-state index in [0.29, 0.717) is 5.69 Å². The van der Waals surface area contributed by atoms with Gasteiger partial charge in [0.2, 0.25) is 5.91 Å². The summed E-state index contributed by atoms with van der Waals surface area (Å²) in [7, 11) is 0. The summed E-state index contributed by atoms with van der Waals surface area (Å²) < 4.78 is 37.4. The van der Waals surface area contributed by atoms with Crippen molar-refractivity contribution in [3.8, 4) is 0 Å². The highest BCUT2D eigenvalue weighted by Gasteiger charge is 2.30. The van der Waals surface area contributed by atoms with E-state index in [-0.39, 0.29) is 12.1 Å². The second kappa shape index (κ2) is 8.06. The minimum absolute atomic E-state index is 0.0464. The molecule has 0 unspecified atom stereocenters. The number of benzene rings is 2. The molecule has 0 saturated carbocycles. The van der Waals surface area contributed by atoms with E-state index < -0.39 is 23.6 Å². The second-order valence-electron chi connectivity index (χ2n) is 5.03. The third kappa shape index (κ3) is 5.53. The summed E-state index contributed by atoms with van der Waals surface area (Å²) in [5, 5.41) is 4.98. The molecule has 2 N–H and O–H groups in total. The number of rotatable bonds is 5. The molecule has 2 amide bonds. The van der Waals surface area contributed by atoms with Crippen LogP contribution in [0.1, 0.15) is 15.9 Å². The molecule has 132 valence electrons. The zero-order valence-electron chi connectivity index (χ0n) is 13.2. The van der Waals surface area contributed by atoms with E-state index in [1.54, 1.807) is 23.9 Å². The number of thioether (sulfide) groups is 1. The molecule has 0 bridgehead atoms. The average molecular weight is 368 g/mol. The maximum atomic E-state index is 12.5. The van der Waals surface area contributed by atoms with E-state index in [9.17, 15) is 22.8 Å². The monoisotopic (exact) mass is 368 g/mol. The van der Waals surface area contributed by atoms with Gasteiger partial charge in [-0.15, -0.1) is 11.8 Å². The maximum Gasteiger partial charge on any atom is 0.416 e. The third-order valence-corrected chi connectivity index (χ3v) is 4.00. The third-order valence-electron chi connectivity index (χ3n) is 3.26. The first-order valence-electron chi connectivity index (χ1n) is 7.19. The van der Waals surface area contributed by atoms with E-state index in [2.05, 4.69) is 10.6 Å². The minimum atomic E-state index is -4.46. The number of amides is 2. The molecule has 0 aliphatic heterocycles. The first kappa shape index (κ1) is 18.9. The number of halogens is 3. The Labute approximate surface area is 146 Å². The molecule has 0 saturated heterocycles. The predicted octanol–water partition coefficient (Wildman–Crippen LogP) is 3.80. The van der Waals surface area contributed by atoms with Crippen LogP contribution < -0.4 is 10.6 Å². The highest BCUT2D eigenvalue weighted by atomic mass is 32.2. The Morgan fingerprint density at radius 1 is 1.00 bits per heavy atom. The Bertz CT molecular complexity index is 744. The molecule has 4 nitrogen and oxygen atoms in total. The first-order valence-corrected chi connectivity index (χ1v) is 8.41. The van der Waals surface area contributed by atoms with Gasteiger partial charge in [0.15, 0.2) is 0 Å². The fraction of sp³-hybridized carbons (Fsp3) is 0.176. The maximum absolute atomic E-state index is 12.5. The van der Waals surface area contributed by atoms with E-state index in [0.717, 1.165) is 29.2 Å². The molecule has 0 spiro atoms. The fourth-order valence-electron chi connectivity index (χ4n) is 1.95. The van der Waals surface area contributed by atoms with Gasteiger partial charge in [0.05, 0.1) is 12.1 Å². The molecule has 0 heterocycles. The van der Waals surface area contributed by atoms with Gasteiger partial charge in [0.1, 0.15) is 0 Å². The van der Waals surface area contributed by atoms with Crippen molar-refractivity contribution in [2.24, 2.45) is 0 Å². The van der Waals surface area contributed by atoms with Gasteiger partial charge in [-0.25, -0.2) is 0 Å². The lowest BCUT2D eigenvalue weighted by molar-refractivity contribution is -0.137. The smallest absolute Gasteiger partial charge is 0.343 e. The Balaban J connectivity index is 1.87. The Morgan fingerprint density at radius 3 is 2.12 bits per heavy atom. The molecular formula is C17H15F3N2O2S. The van der Waals surface area contributed by atoms with Crippen molar-refractivity contribution in [3.05, 3.63) is 59.7 Å². The molecule has 2 aromatic carbocycles. The zero-order valence-corrected chi connectivity index (χ0v) is 14.0. The molecular weight excluding hydrogens is 353 g/mol. The fourth-order valence-corrected chi connectivity index (χ4v) is 2.36. The molecule has 0 aliphatic carbocycles. The number of nitrogens with one attached hydrogen (secondary N) is 2. The van der Waals surface area contributed by atoms with Crippen molar-refractivity contribution in [2.45, 2.75) is 11.1 Å². The minimum Gasteiger partial charge on any atom is -0.343 e. The van der Waals surface area contributed by atoms with Crippen LogP contribution in [0.25, 0.3) is 0 Å². The predicted molar refractivity (Wildman–Crippen MR) is 90.6 cm³/mol. The standard InChI is InChI=1S/C17H15F3N2O2S/c1-25-14-8-6-13(7-9-14)22-15(23)10-21-16(24)11-2-4-12(5-3-11)17(18,19)20/h2-9H,10H2,1H3,(H,21,24)(H,22,23). The summed E-state index contributed by atoms with van der Waals surface area (Å²) >= 11 is 1.57. The van der Waals surface area contributed by atoms with Crippen LogP contribution in [-0.4, -0.2) is 24.6 Å². The normalized spacial score (nSPS) is 11.0. The summed E-state index contributed by atoms with van der Waals surface area (Å²) in [6, 6.07) is 10.9. The lowest BCUT2D eigenvalue weighted by atomic mass is 10.1. The molecule has 2 rings (SSSR count). The largest absolute Gasteiger partial charge is 0.416 e. The van der Waals surface area contributed by atoms with Crippen molar-refractivity contribution in [3.63, 3.8) is 0 Å². The molecule has 0 atom stereocenters. The lowest BCUT2D eigenvalue weighted by Crippen LogP contribution is -2.32. The topological polar surface area (TPSA) is 58.2 Å². The summed E-state index contributed by atoms with van der Waals surface area (Å²) in [4.78, 5) is 24.7. The molecule has 25 heavy (non-hydrogen) atoms. The van der Waals surface area contributed by atoms with Gasteiger partial charge in [0, 0.05) is 16.1 Å². The summed E-state index contributed by atoms with van der Waals surface area (Å²) in [6.45, 7) is -0.288. The SMILES string of the molecule is CSc1ccc(NC(=O)CNC(=O)c2ccc(C(F)(F)F)cc2)cc1. The van der Waals surface area contributed by atoms with E-state index >= 15 is 0 Å². The number of alkyl halides is 3.